The molecule has 3 aliphatic rings. The molecule has 1 amide bonds. The fourth-order valence-electron chi connectivity index (χ4n) is 6.53. The summed E-state index contributed by atoms with van der Waals surface area (Å²) >= 11 is 1.56. The Morgan fingerprint density at radius 1 is 1.14 bits per heavy atom. The van der Waals surface area contributed by atoms with Crippen LogP contribution in [0.5, 0.6) is 0 Å². The Balaban J connectivity index is 0.951. The predicted molar refractivity (Wildman–Crippen MR) is 142 cm³/mol. The van der Waals surface area contributed by atoms with E-state index in [2.05, 4.69) is 49.2 Å². The lowest BCUT2D eigenvalue weighted by Crippen LogP contribution is -2.61. The molecule has 9 heteroatoms. The number of imidazole rings is 1. The van der Waals surface area contributed by atoms with Crippen molar-refractivity contribution in [1.82, 2.24) is 34.4 Å². The number of piperidine rings is 1. The first kappa shape index (κ1) is 23.0. The van der Waals surface area contributed by atoms with E-state index in [-0.39, 0.29) is 5.91 Å². The van der Waals surface area contributed by atoms with Crippen LogP contribution in [0.4, 0.5) is 0 Å². The van der Waals surface area contributed by atoms with Gasteiger partial charge in [0.05, 0.1) is 24.0 Å². The van der Waals surface area contributed by atoms with E-state index in [0.29, 0.717) is 17.9 Å². The maximum absolute atomic E-state index is 13.0. The molecule has 0 N–H and O–H groups in total. The van der Waals surface area contributed by atoms with Crippen LogP contribution in [-0.2, 0) is 17.6 Å². The van der Waals surface area contributed by atoms with Crippen molar-refractivity contribution in [2.45, 2.75) is 52.0 Å². The molecule has 8 nitrogen and oxygen atoms in total. The van der Waals surface area contributed by atoms with E-state index >= 15 is 0 Å². The van der Waals surface area contributed by atoms with Gasteiger partial charge in [-0.1, -0.05) is 23.5 Å². The average Bonchev–Trinajstić information content (AvgIpc) is 3.54. The molecule has 4 aromatic rings. The van der Waals surface area contributed by atoms with E-state index < -0.39 is 0 Å². The SMILES string of the molecule is Cc1cc(-c2ccc3c(c2)CC[C@H]3N2CC3(CCN(C(=O)Cc4cn5nc(C)sc5n4)CC3)C2)ncn1. The minimum atomic E-state index is 0.188. The Kier molecular flexibility index (Phi) is 5.40. The van der Waals surface area contributed by atoms with Crippen molar-refractivity contribution in [2.24, 2.45) is 5.41 Å². The number of rotatable bonds is 4. The second-order valence-corrected chi connectivity index (χ2v) is 12.2. The van der Waals surface area contributed by atoms with Gasteiger partial charge in [-0.3, -0.25) is 9.69 Å². The van der Waals surface area contributed by atoms with Crippen molar-refractivity contribution >= 4 is 22.2 Å². The molecule has 0 radical (unpaired) electrons. The molecule has 0 saturated carbocycles. The van der Waals surface area contributed by atoms with Crippen molar-refractivity contribution in [2.75, 3.05) is 26.2 Å². The van der Waals surface area contributed by atoms with E-state index in [1.165, 1.54) is 23.1 Å². The van der Waals surface area contributed by atoms with Crippen LogP contribution in [-0.4, -0.2) is 66.5 Å². The van der Waals surface area contributed by atoms with E-state index in [1.54, 1.807) is 22.2 Å². The Morgan fingerprint density at radius 2 is 1.97 bits per heavy atom. The molecule has 1 spiro atoms. The van der Waals surface area contributed by atoms with Crippen LogP contribution in [0.2, 0.25) is 0 Å². The minimum absolute atomic E-state index is 0.188. The molecule has 37 heavy (non-hydrogen) atoms. The van der Waals surface area contributed by atoms with Gasteiger partial charge in [-0.2, -0.15) is 5.10 Å². The maximum atomic E-state index is 13.0. The van der Waals surface area contributed by atoms with Crippen LogP contribution in [0.1, 0.15) is 52.8 Å². The number of amides is 1. The molecule has 0 bridgehead atoms. The summed E-state index contributed by atoms with van der Waals surface area (Å²) in [4.78, 5) is 31.8. The van der Waals surface area contributed by atoms with Gasteiger partial charge in [0, 0.05) is 43.5 Å². The molecular formula is C28H31N7OS. The van der Waals surface area contributed by atoms with Gasteiger partial charge in [0.25, 0.3) is 0 Å². The Morgan fingerprint density at radius 3 is 2.76 bits per heavy atom. The van der Waals surface area contributed by atoms with Crippen molar-refractivity contribution in [3.05, 3.63) is 64.3 Å². The topological polar surface area (TPSA) is 79.5 Å². The summed E-state index contributed by atoms with van der Waals surface area (Å²) in [6.45, 7) is 7.99. The molecule has 3 aromatic heterocycles. The van der Waals surface area contributed by atoms with Gasteiger partial charge in [0.2, 0.25) is 10.9 Å². The highest BCUT2D eigenvalue weighted by molar-refractivity contribution is 7.16. The minimum Gasteiger partial charge on any atom is -0.342 e. The predicted octanol–water partition coefficient (Wildman–Crippen LogP) is 4.02. The Labute approximate surface area is 220 Å². The van der Waals surface area contributed by atoms with Crippen molar-refractivity contribution in [3.8, 4) is 11.3 Å². The van der Waals surface area contributed by atoms with Crippen LogP contribution >= 0.6 is 11.3 Å². The third kappa shape index (κ3) is 4.14. The number of fused-ring (bicyclic) bond motifs is 2. The summed E-state index contributed by atoms with van der Waals surface area (Å²) in [6.07, 6.45) is 8.42. The normalized spacial score (nSPS) is 20.9. The third-order valence-electron chi connectivity index (χ3n) is 8.51. The molecule has 5 heterocycles. The van der Waals surface area contributed by atoms with Gasteiger partial charge in [-0.15, -0.1) is 0 Å². The summed E-state index contributed by atoms with van der Waals surface area (Å²) in [7, 11) is 0. The molecule has 2 saturated heterocycles. The number of carbonyl (C=O) groups excluding carboxylic acids is 1. The van der Waals surface area contributed by atoms with Crippen LogP contribution in [0, 0.1) is 19.3 Å². The smallest absolute Gasteiger partial charge is 0.228 e. The van der Waals surface area contributed by atoms with Crippen LogP contribution in [0.3, 0.4) is 0 Å². The number of hydrogen-bond acceptors (Lipinski definition) is 7. The van der Waals surface area contributed by atoms with E-state index in [0.717, 1.165) is 72.5 Å². The molecule has 1 aliphatic carbocycles. The monoisotopic (exact) mass is 513 g/mol. The van der Waals surface area contributed by atoms with Crippen molar-refractivity contribution in [1.29, 1.82) is 0 Å². The summed E-state index contributed by atoms with van der Waals surface area (Å²) in [5.41, 5.74) is 7.32. The summed E-state index contributed by atoms with van der Waals surface area (Å²) in [6, 6.07) is 9.45. The number of likely N-dealkylation sites (tertiary alicyclic amines) is 2. The maximum Gasteiger partial charge on any atom is 0.228 e. The van der Waals surface area contributed by atoms with Crippen molar-refractivity contribution < 1.29 is 4.79 Å². The number of benzene rings is 1. The first-order chi connectivity index (χ1) is 17.9. The zero-order chi connectivity index (χ0) is 25.1. The number of aromatic nitrogens is 5. The summed E-state index contributed by atoms with van der Waals surface area (Å²) in [5.74, 6) is 0.188. The highest BCUT2D eigenvalue weighted by Gasteiger charge is 2.48. The fraction of sp³-hybridized carbons (Fsp3) is 0.464. The standard InChI is InChI=1S/C28H31N7OS/c1-18-11-24(30-17-29-18)21-3-5-23-20(12-21)4-6-25(23)34-15-28(16-34)7-9-33(10-8-28)26(36)13-22-14-35-27(31-22)37-19(2)32-35/h3,5,11-12,14,17,25H,4,6-10,13,15-16H2,1-2H3/t25-/m1/s1. The largest absolute Gasteiger partial charge is 0.342 e. The fourth-order valence-corrected chi connectivity index (χ4v) is 7.27. The number of carbonyl (C=O) groups is 1. The second kappa shape index (κ2) is 8.70. The molecule has 1 atom stereocenters. The molecule has 1 aromatic carbocycles. The number of hydrogen-bond donors (Lipinski definition) is 0. The van der Waals surface area contributed by atoms with Gasteiger partial charge in [-0.25, -0.2) is 19.5 Å². The Hall–Kier alpha value is -3.17. The average molecular weight is 514 g/mol. The molecule has 7 rings (SSSR count). The third-order valence-corrected chi connectivity index (χ3v) is 9.35. The lowest BCUT2D eigenvalue weighted by Gasteiger charge is -2.56. The highest BCUT2D eigenvalue weighted by atomic mass is 32.1. The van der Waals surface area contributed by atoms with E-state index in [4.69, 9.17) is 0 Å². The van der Waals surface area contributed by atoms with E-state index in [1.807, 2.05) is 24.9 Å². The Bertz CT molecular complexity index is 1460. The quantitative estimate of drug-likeness (QED) is 0.410. The summed E-state index contributed by atoms with van der Waals surface area (Å²) in [5, 5.41) is 5.39. The first-order valence-corrected chi connectivity index (χ1v) is 14.0. The lowest BCUT2D eigenvalue weighted by molar-refractivity contribution is -0.136. The van der Waals surface area contributed by atoms with E-state index in [9.17, 15) is 4.79 Å². The van der Waals surface area contributed by atoms with Gasteiger partial charge in [-0.05, 0) is 68.2 Å². The van der Waals surface area contributed by atoms with Gasteiger partial charge >= 0.3 is 0 Å². The highest BCUT2D eigenvalue weighted by Crippen LogP contribution is 2.48. The number of nitrogens with zero attached hydrogens (tertiary/aromatic N) is 7. The van der Waals surface area contributed by atoms with Gasteiger partial charge in [0.15, 0.2) is 0 Å². The van der Waals surface area contributed by atoms with Crippen LogP contribution in [0.25, 0.3) is 16.2 Å². The first-order valence-electron chi connectivity index (χ1n) is 13.2. The molecule has 2 fully saturated rings. The molecule has 2 aliphatic heterocycles. The van der Waals surface area contributed by atoms with Gasteiger partial charge in [0.1, 0.15) is 11.3 Å². The molecule has 190 valence electrons. The van der Waals surface area contributed by atoms with Crippen LogP contribution < -0.4 is 0 Å². The molecular weight excluding hydrogens is 482 g/mol. The molecule has 0 unspecified atom stereocenters. The second-order valence-electron chi connectivity index (χ2n) is 11.1. The zero-order valence-corrected chi connectivity index (χ0v) is 22.2. The van der Waals surface area contributed by atoms with Crippen molar-refractivity contribution in [3.63, 3.8) is 0 Å². The number of aryl methyl sites for hydroxylation is 3. The summed E-state index contributed by atoms with van der Waals surface area (Å²) < 4.78 is 1.79. The zero-order valence-electron chi connectivity index (χ0n) is 21.4. The van der Waals surface area contributed by atoms with Gasteiger partial charge < -0.3 is 4.90 Å². The lowest BCUT2D eigenvalue weighted by atomic mass is 9.71. The van der Waals surface area contributed by atoms with Crippen LogP contribution in [0.15, 0.2) is 36.8 Å².